The summed E-state index contributed by atoms with van der Waals surface area (Å²) in [5.41, 5.74) is 15.2. The highest BCUT2D eigenvalue weighted by atomic mass is 32.2. The summed E-state index contributed by atoms with van der Waals surface area (Å²) in [4.78, 5) is 40.4. The van der Waals surface area contributed by atoms with Gasteiger partial charge in [0.15, 0.2) is 23.3 Å². The van der Waals surface area contributed by atoms with Gasteiger partial charge in [-0.1, -0.05) is 6.92 Å². The molecule has 27 heteroatoms. The standard InChI is InChI=1S/C18H21F2N5O4S.C14H13F2N3O4S.C6H14N2O2S/c1-29-13-4-3-12(19)15(20)14(13)16(26)11-9-22-18(24-17(11)21)23-10-5-7-25(8-6-10)30(2,27)28;1-3-24(21,22)14-18-6-7(13(17)19-14)12(20)10-9(23-2)5-4-8(15)11(10)16;1-11(9,10)8-4-2-6(7)3-5-8/h3-4,9-10H,5-8H2,1-2H3,(H3,21,22,23,24);4-6H,3H2,1-2H3,(H2,17,18,19);6H,2-5,7H2,1H3. The Balaban J connectivity index is 0.000000235. The SMILES string of the molecule is CCS(=O)(=O)c1ncc(C(=O)c2c(OC)ccc(F)c2F)c(N)n1.COc1ccc(F)c(F)c1C(=O)c1cnc(NC2CCN(S(C)(=O)=O)CC2)nc1N.CS(=O)(=O)N1CCC(N)CC1. The second kappa shape index (κ2) is 21.6. The van der Waals surface area contributed by atoms with Crippen LogP contribution in [0.2, 0.25) is 0 Å². The molecule has 2 aliphatic rings. The van der Waals surface area contributed by atoms with Gasteiger partial charge in [-0.2, -0.15) is 4.98 Å². The van der Waals surface area contributed by atoms with E-state index in [0.717, 1.165) is 55.8 Å². The number of carbonyl (C=O) groups is 2. The van der Waals surface area contributed by atoms with Crippen LogP contribution in [0.1, 0.15) is 64.4 Å². The predicted molar refractivity (Wildman–Crippen MR) is 230 cm³/mol. The molecule has 0 saturated carbocycles. The Bertz CT molecular complexity index is 2740. The van der Waals surface area contributed by atoms with E-state index in [2.05, 4.69) is 25.3 Å². The van der Waals surface area contributed by atoms with Crippen LogP contribution in [0, 0.1) is 23.3 Å². The molecule has 2 aromatic carbocycles. The van der Waals surface area contributed by atoms with E-state index in [1.807, 2.05) is 0 Å². The number of aromatic nitrogens is 4. The third-order valence-electron chi connectivity index (χ3n) is 9.99. The second-order valence-electron chi connectivity index (χ2n) is 14.5. The zero-order valence-electron chi connectivity index (χ0n) is 35.7. The molecule has 0 radical (unpaired) electrons. The van der Waals surface area contributed by atoms with Gasteiger partial charge >= 0.3 is 0 Å². The fourth-order valence-electron chi connectivity index (χ4n) is 6.29. The van der Waals surface area contributed by atoms with Crippen molar-refractivity contribution in [2.75, 3.05) is 75.4 Å². The fourth-order valence-corrected chi connectivity index (χ4v) is 8.75. The normalized spacial score (nSPS) is 15.5. The third-order valence-corrected chi connectivity index (χ3v) is 14.1. The van der Waals surface area contributed by atoms with Crippen LogP contribution < -0.4 is 32.0 Å². The predicted octanol–water partition coefficient (Wildman–Crippen LogP) is 2.15. The van der Waals surface area contributed by atoms with E-state index in [1.165, 1.54) is 36.0 Å². The zero-order chi connectivity index (χ0) is 48.6. The van der Waals surface area contributed by atoms with Gasteiger partial charge < -0.3 is 32.0 Å². The summed E-state index contributed by atoms with van der Waals surface area (Å²) in [6.07, 6.45) is 7.05. The lowest BCUT2D eigenvalue weighted by atomic mass is 10.0. The summed E-state index contributed by atoms with van der Waals surface area (Å²) >= 11 is 0. The van der Waals surface area contributed by atoms with Crippen LogP contribution in [0.25, 0.3) is 0 Å². The number of nitrogens with zero attached hydrogens (tertiary/aromatic N) is 6. The Morgan fingerprint density at radius 3 is 1.51 bits per heavy atom. The Hall–Kier alpha value is -5.61. The number of piperidine rings is 2. The molecular weight excluding hydrogens is 929 g/mol. The third kappa shape index (κ3) is 13.0. The Labute approximate surface area is 372 Å². The van der Waals surface area contributed by atoms with Crippen molar-refractivity contribution in [1.29, 1.82) is 0 Å². The number of hydrogen-bond acceptors (Lipinski definition) is 18. The van der Waals surface area contributed by atoms with Crippen molar-refractivity contribution in [3.8, 4) is 11.5 Å². The molecule has 4 heterocycles. The van der Waals surface area contributed by atoms with Gasteiger partial charge in [-0.25, -0.2) is 66.4 Å². The van der Waals surface area contributed by atoms with Crippen LogP contribution in [-0.4, -0.2) is 136 Å². The van der Waals surface area contributed by atoms with Crippen molar-refractivity contribution < 1.29 is 61.9 Å². The largest absolute Gasteiger partial charge is 0.496 e. The summed E-state index contributed by atoms with van der Waals surface area (Å²) in [7, 11) is -7.52. The number of hydrogen-bond donors (Lipinski definition) is 4. The van der Waals surface area contributed by atoms with E-state index in [1.54, 1.807) is 0 Å². The lowest BCUT2D eigenvalue weighted by Crippen LogP contribution is -2.42. The number of nitrogens with one attached hydrogen (secondary N) is 1. The molecule has 2 saturated heterocycles. The lowest BCUT2D eigenvalue weighted by molar-refractivity contribution is 0.102. The number of anilines is 3. The minimum atomic E-state index is -3.73. The minimum absolute atomic E-state index is 0.0790. The number of nitrogens with two attached hydrogens (primary N) is 3. The monoisotopic (exact) mass is 976 g/mol. The summed E-state index contributed by atoms with van der Waals surface area (Å²) in [6.45, 7) is 3.28. The molecule has 0 atom stereocenters. The topological polar surface area (TPSA) is 303 Å². The molecule has 2 aliphatic heterocycles. The van der Waals surface area contributed by atoms with Crippen molar-refractivity contribution >= 4 is 59.0 Å². The zero-order valence-corrected chi connectivity index (χ0v) is 38.2. The lowest BCUT2D eigenvalue weighted by Gasteiger charge is -2.30. The maximum atomic E-state index is 14.2. The van der Waals surface area contributed by atoms with Gasteiger partial charge in [-0.05, 0) is 49.9 Å². The summed E-state index contributed by atoms with van der Waals surface area (Å²) < 4.78 is 136. The van der Waals surface area contributed by atoms with Gasteiger partial charge in [0.1, 0.15) is 34.3 Å². The van der Waals surface area contributed by atoms with Crippen LogP contribution in [0.5, 0.6) is 11.5 Å². The van der Waals surface area contributed by atoms with Crippen molar-refractivity contribution in [3.05, 3.63) is 82.2 Å². The molecule has 65 heavy (non-hydrogen) atoms. The first-order chi connectivity index (χ1) is 30.3. The molecule has 0 aliphatic carbocycles. The molecule has 2 aromatic heterocycles. The van der Waals surface area contributed by atoms with Gasteiger partial charge in [0, 0.05) is 50.7 Å². The number of sulfonamides is 2. The van der Waals surface area contributed by atoms with Gasteiger partial charge in [0.2, 0.25) is 52.6 Å². The average molecular weight is 977 g/mol. The van der Waals surface area contributed by atoms with Crippen LogP contribution in [-0.2, 0) is 29.9 Å². The van der Waals surface area contributed by atoms with E-state index in [4.69, 9.17) is 26.7 Å². The molecule has 2 fully saturated rings. The first-order valence-electron chi connectivity index (χ1n) is 19.4. The van der Waals surface area contributed by atoms with Crippen LogP contribution in [0.3, 0.4) is 0 Å². The molecule has 6 rings (SSSR count). The molecule has 4 aromatic rings. The van der Waals surface area contributed by atoms with E-state index in [9.17, 15) is 52.4 Å². The number of carbonyl (C=O) groups excluding carboxylic acids is 2. The Morgan fingerprint density at radius 1 is 0.708 bits per heavy atom. The van der Waals surface area contributed by atoms with E-state index >= 15 is 0 Å². The molecular formula is C38H48F4N10O10S3. The second-order valence-corrected chi connectivity index (χ2v) is 20.6. The summed E-state index contributed by atoms with van der Waals surface area (Å²) in [6, 6.07) is 3.99. The minimum Gasteiger partial charge on any atom is -0.496 e. The number of halogens is 4. The van der Waals surface area contributed by atoms with Crippen molar-refractivity contribution in [2.45, 2.75) is 49.8 Å². The summed E-state index contributed by atoms with van der Waals surface area (Å²) in [5.74, 6) is -8.27. The first kappa shape index (κ1) is 52.0. The number of nitrogen functional groups attached to an aromatic ring is 2. The van der Waals surface area contributed by atoms with E-state index in [0.29, 0.717) is 39.0 Å². The number of ether oxygens (including phenoxy) is 2. The molecule has 356 valence electrons. The summed E-state index contributed by atoms with van der Waals surface area (Å²) in [5, 5.41) is 2.50. The van der Waals surface area contributed by atoms with Crippen molar-refractivity contribution in [1.82, 2.24) is 28.5 Å². The highest BCUT2D eigenvalue weighted by Gasteiger charge is 2.29. The highest BCUT2D eigenvalue weighted by Crippen LogP contribution is 2.30. The fraction of sp³-hybridized carbons (Fsp3) is 0.421. The van der Waals surface area contributed by atoms with Crippen molar-refractivity contribution in [3.63, 3.8) is 0 Å². The molecule has 0 bridgehead atoms. The Morgan fingerprint density at radius 2 is 1.12 bits per heavy atom. The highest BCUT2D eigenvalue weighted by molar-refractivity contribution is 7.91. The molecule has 0 amide bonds. The van der Waals surface area contributed by atoms with Gasteiger partial charge in [-0.3, -0.25) is 9.59 Å². The number of ketones is 2. The molecule has 7 N–H and O–H groups in total. The van der Waals surface area contributed by atoms with Crippen LogP contribution in [0.15, 0.2) is 41.8 Å². The quantitative estimate of drug-likeness (QED) is 0.0898. The Kier molecular flexibility index (Phi) is 17.3. The van der Waals surface area contributed by atoms with Crippen LogP contribution in [0.4, 0.5) is 35.1 Å². The van der Waals surface area contributed by atoms with Crippen LogP contribution >= 0.6 is 0 Å². The van der Waals surface area contributed by atoms with E-state index < -0.39 is 86.8 Å². The van der Waals surface area contributed by atoms with Crippen molar-refractivity contribution in [2.24, 2.45) is 5.73 Å². The van der Waals surface area contributed by atoms with Gasteiger partial charge in [-0.15, -0.1) is 0 Å². The van der Waals surface area contributed by atoms with Gasteiger partial charge in [0.25, 0.3) is 0 Å². The number of sulfone groups is 1. The first-order valence-corrected chi connectivity index (χ1v) is 24.7. The molecule has 0 unspecified atom stereocenters. The van der Waals surface area contributed by atoms with Gasteiger partial charge in [0.05, 0.1) is 43.6 Å². The van der Waals surface area contributed by atoms with E-state index in [-0.39, 0.29) is 52.2 Å². The smallest absolute Gasteiger partial charge is 0.249 e. The number of benzene rings is 2. The number of rotatable bonds is 12. The maximum absolute atomic E-state index is 14.2. The average Bonchev–Trinajstić information content (AvgIpc) is 3.25. The maximum Gasteiger partial charge on any atom is 0.249 e. The number of methoxy groups -OCH3 is 2. The molecule has 20 nitrogen and oxygen atoms in total. The molecule has 0 spiro atoms.